The Morgan fingerprint density at radius 2 is 1.86 bits per heavy atom. The Kier molecular flexibility index (Phi) is 5.76. The Labute approximate surface area is 133 Å². The first-order valence-corrected chi connectivity index (χ1v) is 7.80. The Morgan fingerprint density at radius 1 is 1.14 bits per heavy atom. The molecule has 0 aromatic heterocycles. The van der Waals surface area contributed by atoms with Gasteiger partial charge in [-0.15, -0.1) is 0 Å². The van der Waals surface area contributed by atoms with Gasteiger partial charge >= 0.3 is 0 Å². The smallest absolute Gasteiger partial charge is 0.137 e. The number of halogens is 2. The van der Waals surface area contributed by atoms with Crippen LogP contribution in [0.25, 0.3) is 0 Å². The lowest BCUT2D eigenvalue weighted by atomic mass is 10.0. The van der Waals surface area contributed by atoms with Crippen LogP contribution in [0.5, 0.6) is 5.75 Å². The Hall–Kier alpha value is -1.39. The summed E-state index contributed by atoms with van der Waals surface area (Å²) in [7, 11) is 0. The van der Waals surface area contributed by atoms with Crippen molar-refractivity contribution in [1.82, 2.24) is 0 Å². The molecule has 112 valence electrons. The predicted molar refractivity (Wildman–Crippen MR) is 86.8 cm³/mol. The van der Waals surface area contributed by atoms with Crippen molar-refractivity contribution in [2.24, 2.45) is 5.73 Å². The zero-order valence-corrected chi connectivity index (χ0v) is 13.6. The zero-order chi connectivity index (χ0) is 15.2. The van der Waals surface area contributed by atoms with E-state index in [1.54, 1.807) is 18.2 Å². The van der Waals surface area contributed by atoms with Crippen molar-refractivity contribution in [3.8, 4) is 5.75 Å². The fourth-order valence-corrected chi connectivity index (χ4v) is 2.59. The van der Waals surface area contributed by atoms with Crippen molar-refractivity contribution in [2.75, 3.05) is 0 Å². The molecule has 0 saturated carbocycles. The summed E-state index contributed by atoms with van der Waals surface area (Å²) < 4.78 is 20.3. The lowest BCUT2D eigenvalue weighted by Gasteiger charge is -2.16. The zero-order valence-electron chi connectivity index (χ0n) is 12.0. The van der Waals surface area contributed by atoms with Crippen molar-refractivity contribution >= 4 is 15.9 Å². The van der Waals surface area contributed by atoms with Gasteiger partial charge < -0.3 is 10.5 Å². The molecule has 2 N–H and O–H groups in total. The maximum Gasteiger partial charge on any atom is 0.137 e. The van der Waals surface area contributed by atoms with Crippen LogP contribution in [0.1, 0.15) is 24.5 Å². The van der Waals surface area contributed by atoms with E-state index in [9.17, 15) is 4.39 Å². The standard InChI is InChI=1S/C17H19BrFNO/c1-2-14(20)10-12-7-5-8-15(18)17(12)21-11-13-6-3-4-9-16(13)19/h3-9,14H,2,10-11,20H2,1H3. The first-order chi connectivity index (χ1) is 10.1. The SMILES string of the molecule is CCC(N)Cc1cccc(Br)c1OCc1ccccc1F. The molecule has 2 nitrogen and oxygen atoms in total. The van der Waals surface area contributed by atoms with Crippen LogP contribution in [0.3, 0.4) is 0 Å². The van der Waals surface area contributed by atoms with Crippen molar-refractivity contribution in [1.29, 1.82) is 0 Å². The van der Waals surface area contributed by atoms with Crippen LogP contribution in [0.2, 0.25) is 0 Å². The minimum absolute atomic E-state index is 0.0927. The summed E-state index contributed by atoms with van der Waals surface area (Å²) in [5, 5.41) is 0. The molecule has 2 rings (SSSR count). The van der Waals surface area contributed by atoms with Gasteiger partial charge in [0.2, 0.25) is 0 Å². The molecule has 2 aromatic carbocycles. The minimum atomic E-state index is -0.253. The monoisotopic (exact) mass is 351 g/mol. The van der Waals surface area contributed by atoms with E-state index in [0.29, 0.717) is 5.56 Å². The summed E-state index contributed by atoms with van der Waals surface area (Å²) >= 11 is 3.49. The highest BCUT2D eigenvalue weighted by molar-refractivity contribution is 9.10. The van der Waals surface area contributed by atoms with Gasteiger partial charge in [0.05, 0.1) is 4.47 Å². The third-order valence-corrected chi connectivity index (χ3v) is 4.01. The molecule has 1 atom stereocenters. The molecule has 21 heavy (non-hydrogen) atoms. The number of hydrogen-bond donors (Lipinski definition) is 1. The van der Waals surface area contributed by atoms with E-state index >= 15 is 0 Å². The van der Waals surface area contributed by atoms with E-state index in [1.807, 2.05) is 18.2 Å². The van der Waals surface area contributed by atoms with Crippen LogP contribution < -0.4 is 10.5 Å². The van der Waals surface area contributed by atoms with E-state index < -0.39 is 0 Å². The van der Waals surface area contributed by atoms with E-state index in [0.717, 1.165) is 28.6 Å². The normalized spacial score (nSPS) is 12.2. The average Bonchev–Trinajstić information content (AvgIpc) is 2.48. The van der Waals surface area contributed by atoms with Crippen molar-refractivity contribution in [2.45, 2.75) is 32.4 Å². The molecule has 0 amide bonds. The molecule has 0 aliphatic rings. The third kappa shape index (κ3) is 4.29. The number of rotatable bonds is 6. The molecule has 0 fully saturated rings. The second-order valence-electron chi connectivity index (χ2n) is 4.98. The summed E-state index contributed by atoms with van der Waals surface area (Å²) in [6, 6.07) is 12.6. The first-order valence-electron chi connectivity index (χ1n) is 7.01. The molecule has 0 aliphatic carbocycles. The van der Waals surface area contributed by atoms with Gasteiger partial charge in [0, 0.05) is 11.6 Å². The number of benzene rings is 2. The summed E-state index contributed by atoms with van der Waals surface area (Å²) in [6.45, 7) is 2.26. The minimum Gasteiger partial charge on any atom is -0.487 e. The molecule has 0 aliphatic heterocycles. The molecular weight excluding hydrogens is 333 g/mol. The highest BCUT2D eigenvalue weighted by Crippen LogP contribution is 2.31. The lowest BCUT2D eigenvalue weighted by molar-refractivity contribution is 0.294. The topological polar surface area (TPSA) is 35.2 Å². The summed E-state index contributed by atoms with van der Waals surface area (Å²) in [5.41, 5.74) is 7.60. The van der Waals surface area contributed by atoms with Crippen molar-refractivity contribution < 1.29 is 9.13 Å². The van der Waals surface area contributed by atoms with Gasteiger partial charge in [-0.1, -0.05) is 37.3 Å². The fraction of sp³-hybridized carbons (Fsp3) is 0.294. The van der Waals surface area contributed by atoms with Crippen LogP contribution in [-0.2, 0) is 13.0 Å². The molecule has 0 bridgehead atoms. The fourth-order valence-electron chi connectivity index (χ4n) is 2.07. The predicted octanol–water partition coefficient (Wildman–Crippen LogP) is 4.45. The summed E-state index contributed by atoms with van der Waals surface area (Å²) in [6.07, 6.45) is 1.64. The van der Waals surface area contributed by atoms with E-state index in [1.165, 1.54) is 6.07 Å². The van der Waals surface area contributed by atoms with E-state index in [2.05, 4.69) is 22.9 Å². The van der Waals surface area contributed by atoms with Gasteiger partial charge in [0.25, 0.3) is 0 Å². The van der Waals surface area contributed by atoms with Crippen LogP contribution in [0.4, 0.5) is 4.39 Å². The molecule has 0 heterocycles. The molecule has 1 unspecified atom stereocenters. The molecule has 0 radical (unpaired) electrons. The van der Waals surface area contributed by atoms with Crippen LogP contribution in [0, 0.1) is 5.82 Å². The number of hydrogen-bond acceptors (Lipinski definition) is 2. The summed E-state index contributed by atoms with van der Waals surface area (Å²) in [4.78, 5) is 0. The van der Waals surface area contributed by atoms with Gasteiger partial charge in [-0.25, -0.2) is 4.39 Å². The molecular formula is C17H19BrFNO. The average molecular weight is 352 g/mol. The third-order valence-electron chi connectivity index (χ3n) is 3.38. The Bertz CT molecular complexity index is 603. The van der Waals surface area contributed by atoms with Gasteiger partial charge in [0.1, 0.15) is 18.2 Å². The van der Waals surface area contributed by atoms with Crippen molar-refractivity contribution in [3.63, 3.8) is 0 Å². The molecule has 2 aromatic rings. The van der Waals surface area contributed by atoms with Crippen LogP contribution in [0.15, 0.2) is 46.9 Å². The second kappa shape index (κ2) is 7.57. The van der Waals surface area contributed by atoms with Crippen LogP contribution in [-0.4, -0.2) is 6.04 Å². The largest absolute Gasteiger partial charge is 0.487 e. The number of para-hydroxylation sites is 1. The molecule has 0 saturated heterocycles. The summed E-state index contributed by atoms with van der Waals surface area (Å²) in [5.74, 6) is 0.487. The maximum atomic E-state index is 13.6. The first kappa shape index (κ1) is 16.0. The highest BCUT2D eigenvalue weighted by atomic mass is 79.9. The number of nitrogens with two attached hydrogens (primary N) is 1. The van der Waals surface area contributed by atoms with Gasteiger partial charge in [0.15, 0.2) is 0 Å². The highest BCUT2D eigenvalue weighted by Gasteiger charge is 2.12. The van der Waals surface area contributed by atoms with Gasteiger partial charge in [-0.05, 0) is 46.5 Å². The van der Waals surface area contributed by atoms with Crippen LogP contribution >= 0.6 is 15.9 Å². The number of ether oxygens (including phenoxy) is 1. The van der Waals surface area contributed by atoms with Gasteiger partial charge in [-0.3, -0.25) is 0 Å². The Balaban J connectivity index is 2.17. The quantitative estimate of drug-likeness (QED) is 0.834. The Morgan fingerprint density at radius 3 is 2.57 bits per heavy atom. The van der Waals surface area contributed by atoms with E-state index in [4.69, 9.17) is 10.5 Å². The molecule has 4 heteroatoms. The van der Waals surface area contributed by atoms with Crippen molar-refractivity contribution in [3.05, 3.63) is 63.9 Å². The lowest BCUT2D eigenvalue weighted by Crippen LogP contribution is -2.21. The molecule has 0 spiro atoms. The second-order valence-corrected chi connectivity index (χ2v) is 5.83. The van der Waals surface area contributed by atoms with Gasteiger partial charge in [-0.2, -0.15) is 0 Å². The maximum absolute atomic E-state index is 13.6. The van der Waals surface area contributed by atoms with E-state index in [-0.39, 0.29) is 18.5 Å².